The lowest BCUT2D eigenvalue weighted by Crippen LogP contribution is -2.47. The molecule has 0 heterocycles. The van der Waals surface area contributed by atoms with E-state index in [1.165, 1.54) is 10.4 Å². The minimum absolute atomic E-state index is 0.122. The summed E-state index contributed by atoms with van der Waals surface area (Å²) < 4.78 is 13.1. The van der Waals surface area contributed by atoms with Gasteiger partial charge in [-0.1, -0.05) is 87.5 Å². The van der Waals surface area contributed by atoms with Crippen LogP contribution in [0.4, 0.5) is 0 Å². The van der Waals surface area contributed by atoms with Crippen molar-refractivity contribution in [2.45, 2.75) is 57.8 Å². The number of benzene rings is 2. The number of rotatable bonds is 10. The number of hydrogen-bond donors (Lipinski definition) is 0. The zero-order valence-electron chi connectivity index (χ0n) is 18.1. The molecule has 2 aromatic rings. The van der Waals surface area contributed by atoms with E-state index in [1.54, 1.807) is 0 Å². The molecular formula is C24H35O2Si2. The minimum atomic E-state index is -1.74. The lowest BCUT2D eigenvalue weighted by Gasteiger charge is -2.36. The molecule has 0 spiro atoms. The van der Waals surface area contributed by atoms with Crippen LogP contribution in [0.3, 0.4) is 0 Å². The second kappa shape index (κ2) is 10.4. The molecule has 1 atom stereocenters. The molecule has 28 heavy (non-hydrogen) atoms. The van der Waals surface area contributed by atoms with E-state index in [9.17, 15) is 0 Å². The van der Waals surface area contributed by atoms with Gasteiger partial charge in [-0.3, -0.25) is 0 Å². The lowest BCUT2D eigenvalue weighted by molar-refractivity contribution is 0.163. The van der Waals surface area contributed by atoms with Gasteiger partial charge in [0.1, 0.15) is 0 Å². The van der Waals surface area contributed by atoms with Crippen molar-refractivity contribution in [2.75, 3.05) is 6.61 Å². The van der Waals surface area contributed by atoms with E-state index in [1.807, 2.05) is 6.08 Å². The molecule has 0 aromatic heterocycles. The summed E-state index contributed by atoms with van der Waals surface area (Å²) >= 11 is 0. The van der Waals surface area contributed by atoms with Gasteiger partial charge in [-0.2, -0.15) is 0 Å². The van der Waals surface area contributed by atoms with Crippen molar-refractivity contribution in [1.29, 1.82) is 0 Å². The summed E-state index contributed by atoms with van der Waals surface area (Å²) in [6.45, 7) is 16.1. The minimum Gasteiger partial charge on any atom is -0.417 e. The van der Waals surface area contributed by atoms with Gasteiger partial charge in [0.2, 0.25) is 0 Å². The van der Waals surface area contributed by atoms with E-state index in [0.29, 0.717) is 0 Å². The van der Waals surface area contributed by atoms with Gasteiger partial charge in [0.15, 0.2) is 8.32 Å². The third-order valence-electron chi connectivity index (χ3n) is 5.49. The van der Waals surface area contributed by atoms with Crippen molar-refractivity contribution in [2.24, 2.45) is 0 Å². The van der Waals surface area contributed by atoms with E-state index in [2.05, 4.69) is 101 Å². The van der Waals surface area contributed by atoms with Crippen LogP contribution in [0, 0.1) is 0 Å². The summed E-state index contributed by atoms with van der Waals surface area (Å²) in [6, 6.07) is 21.2. The van der Waals surface area contributed by atoms with Crippen molar-refractivity contribution < 1.29 is 8.85 Å². The fourth-order valence-corrected chi connectivity index (χ4v) is 5.93. The van der Waals surface area contributed by atoms with Crippen LogP contribution in [0.2, 0.25) is 18.1 Å². The van der Waals surface area contributed by atoms with Crippen LogP contribution in [-0.2, 0) is 8.85 Å². The third-order valence-corrected chi connectivity index (χ3v) is 12.3. The Labute approximate surface area is 174 Å². The summed E-state index contributed by atoms with van der Waals surface area (Å²) in [7, 11) is -3.04. The van der Waals surface area contributed by atoms with E-state index in [4.69, 9.17) is 8.85 Å². The molecule has 2 aromatic carbocycles. The highest BCUT2D eigenvalue weighted by Crippen LogP contribution is 2.36. The Morgan fingerprint density at radius 1 is 0.964 bits per heavy atom. The zero-order valence-corrected chi connectivity index (χ0v) is 20.1. The largest absolute Gasteiger partial charge is 0.417 e. The van der Waals surface area contributed by atoms with E-state index < -0.39 is 17.4 Å². The molecule has 0 aliphatic heterocycles. The Balaban J connectivity index is 2.11. The normalized spacial score (nSPS) is 13.5. The van der Waals surface area contributed by atoms with Crippen LogP contribution >= 0.6 is 0 Å². The average molecular weight is 412 g/mol. The Morgan fingerprint density at radius 3 is 1.89 bits per heavy atom. The topological polar surface area (TPSA) is 18.5 Å². The van der Waals surface area contributed by atoms with Gasteiger partial charge < -0.3 is 8.85 Å². The van der Waals surface area contributed by atoms with Crippen LogP contribution in [0.25, 0.3) is 0 Å². The van der Waals surface area contributed by atoms with E-state index >= 15 is 0 Å². The molecular weight excluding hydrogens is 376 g/mol. The fraction of sp³-hybridized carbons (Fsp3) is 0.417. The third kappa shape index (κ3) is 6.55. The maximum absolute atomic E-state index is 6.73. The Hall–Kier alpha value is -1.47. The first-order chi connectivity index (χ1) is 13.2. The summed E-state index contributed by atoms with van der Waals surface area (Å²) in [5.74, 6) is 0. The van der Waals surface area contributed by atoms with Crippen LogP contribution in [0.1, 0.15) is 33.6 Å². The quantitative estimate of drug-likeness (QED) is 0.397. The van der Waals surface area contributed by atoms with Gasteiger partial charge in [0.25, 0.3) is 9.04 Å². The average Bonchev–Trinajstić information content (AvgIpc) is 2.66. The monoisotopic (exact) mass is 411 g/mol. The second-order valence-electron chi connectivity index (χ2n) is 8.72. The highest BCUT2D eigenvalue weighted by molar-refractivity contribution is 6.80. The molecule has 1 unspecified atom stereocenters. The predicted molar refractivity (Wildman–Crippen MR) is 125 cm³/mol. The van der Waals surface area contributed by atoms with Crippen molar-refractivity contribution in [3.63, 3.8) is 0 Å². The predicted octanol–water partition coefficient (Wildman–Crippen LogP) is 5.17. The van der Waals surface area contributed by atoms with Crippen molar-refractivity contribution in [3.8, 4) is 0 Å². The summed E-state index contributed by atoms with van der Waals surface area (Å²) in [6.07, 6.45) is 3.82. The molecule has 0 N–H and O–H groups in total. The molecule has 2 rings (SSSR count). The van der Waals surface area contributed by atoms with Crippen LogP contribution < -0.4 is 10.4 Å². The van der Waals surface area contributed by atoms with Crippen molar-refractivity contribution >= 4 is 27.7 Å². The van der Waals surface area contributed by atoms with Crippen LogP contribution in [0.5, 0.6) is 0 Å². The first-order valence-corrected chi connectivity index (χ1v) is 14.5. The first-order valence-electron chi connectivity index (χ1n) is 10.1. The van der Waals surface area contributed by atoms with Crippen LogP contribution in [-0.4, -0.2) is 30.1 Å². The maximum atomic E-state index is 6.73. The molecule has 0 saturated heterocycles. The molecule has 2 nitrogen and oxygen atoms in total. The van der Waals surface area contributed by atoms with Crippen molar-refractivity contribution in [3.05, 3.63) is 73.3 Å². The molecule has 4 heteroatoms. The molecule has 0 aliphatic carbocycles. The van der Waals surface area contributed by atoms with Gasteiger partial charge in [0.05, 0.1) is 6.10 Å². The molecule has 0 aliphatic rings. The SMILES string of the molecule is C=CCC(CCO[Si](C)(C)C(C)(C)C)O[Si](c1ccccc1)c1ccccc1. The second-order valence-corrected chi connectivity index (χ2v) is 15.6. The summed E-state index contributed by atoms with van der Waals surface area (Å²) in [5, 5.41) is 2.78. The highest BCUT2D eigenvalue weighted by atomic mass is 28.4. The summed E-state index contributed by atoms with van der Waals surface area (Å²) in [5.41, 5.74) is 0. The van der Waals surface area contributed by atoms with Gasteiger partial charge in [-0.05, 0) is 41.3 Å². The van der Waals surface area contributed by atoms with E-state index in [0.717, 1.165) is 19.4 Å². The molecule has 0 bridgehead atoms. The van der Waals surface area contributed by atoms with Gasteiger partial charge in [0, 0.05) is 6.61 Å². The van der Waals surface area contributed by atoms with Gasteiger partial charge in [-0.25, -0.2) is 0 Å². The molecule has 151 valence electrons. The Morgan fingerprint density at radius 2 is 1.46 bits per heavy atom. The van der Waals surface area contributed by atoms with Gasteiger partial charge >= 0.3 is 0 Å². The van der Waals surface area contributed by atoms with E-state index in [-0.39, 0.29) is 11.1 Å². The first kappa shape index (κ1) is 22.8. The Bertz CT molecular complexity index is 669. The van der Waals surface area contributed by atoms with Gasteiger partial charge in [-0.15, -0.1) is 6.58 Å². The lowest BCUT2D eigenvalue weighted by atomic mass is 10.2. The van der Waals surface area contributed by atoms with Crippen molar-refractivity contribution in [1.82, 2.24) is 0 Å². The zero-order chi connectivity index (χ0) is 20.6. The summed E-state index contributed by atoms with van der Waals surface area (Å²) in [4.78, 5) is 0. The molecule has 1 radical (unpaired) electrons. The standard InChI is InChI=1S/C24H35O2Si2/c1-7-14-21(19-20-25-28(5,6)24(2,3)4)26-27(22-15-10-8-11-16-22)23-17-12-9-13-18-23/h7-13,15-18,21H,1,14,19-20H2,2-6H3. The fourth-order valence-electron chi connectivity index (χ4n) is 2.72. The maximum Gasteiger partial charge on any atom is 0.283 e. The van der Waals surface area contributed by atoms with Crippen LogP contribution in [0.15, 0.2) is 73.3 Å². The molecule has 0 fully saturated rings. The molecule has 0 amide bonds. The Kier molecular flexibility index (Phi) is 8.44. The smallest absolute Gasteiger partial charge is 0.283 e. The molecule has 0 saturated carbocycles. The highest BCUT2D eigenvalue weighted by Gasteiger charge is 2.37. The number of hydrogen-bond acceptors (Lipinski definition) is 2.